The van der Waals surface area contributed by atoms with Gasteiger partial charge < -0.3 is 15.2 Å². The van der Waals surface area contributed by atoms with E-state index in [1.165, 1.54) is 5.56 Å². The van der Waals surface area contributed by atoms with Crippen molar-refractivity contribution >= 4 is 11.9 Å². The van der Waals surface area contributed by atoms with Crippen LogP contribution in [-0.2, 0) is 26.2 Å². The summed E-state index contributed by atoms with van der Waals surface area (Å²) >= 11 is 0. The van der Waals surface area contributed by atoms with Gasteiger partial charge in [0, 0.05) is 13.0 Å². The number of carboxylic acid groups (broad SMARTS) is 1. The summed E-state index contributed by atoms with van der Waals surface area (Å²) in [6.07, 6.45) is 1.24. The maximum atomic E-state index is 12.0. The molecule has 2 rings (SSSR count). The summed E-state index contributed by atoms with van der Waals surface area (Å²) in [5.41, 5.74) is 2.13. The number of nitrogens with one attached hydrogen (secondary N) is 1. The third-order valence-corrected chi connectivity index (χ3v) is 4.10. The van der Waals surface area contributed by atoms with Gasteiger partial charge in [0.25, 0.3) is 0 Å². The zero-order chi connectivity index (χ0) is 17.0. The van der Waals surface area contributed by atoms with E-state index in [9.17, 15) is 14.7 Å². The van der Waals surface area contributed by atoms with Crippen molar-refractivity contribution in [1.29, 1.82) is 0 Å². The van der Waals surface area contributed by atoms with E-state index in [2.05, 4.69) is 26.1 Å². The van der Waals surface area contributed by atoms with Crippen molar-refractivity contribution in [3.8, 4) is 0 Å². The van der Waals surface area contributed by atoms with Crippen LogP contribution in [0.25, 0.3) is 0 Å². The molecule has 0 unspecified atom stereocenters. The quantitative estimate of drug-likeness (QED) is 0.873. The molecule has 1 saturated heterocycles. The lowest BCUT2D eigenvalue weighted by Crippen LogP contribution is -2.46. The number of carboxylic acids is 1. The minimum atomic E-state index is -1.03. The molecule has 0 bridgehead atoms. The highest BCUT2D eigenvalue weighted by Crippen LogP contribution is 2.22. The summed E-state index contributed by atoms with van der Waals surface area (Å²) in [5, 5.41) is 11.9. The molecular weight excluding hydrogens is 294 g/mol. The fourth-order valence-corrected chi connectivity index (χ4v) is 2.63. The van der Waals surface area contributed by atoms with Crippen LogP contribution < -0.4 is 5.32 Å². The van der Waals surface area contributed by atoms with Crippen molar-refractivity contribution in [3.05, 3.63) is 35.4 Å². The SMILES string of the molecule is CC(C)(C)c1ccc(C[C@H](NC(=O)[C@H]2CCCO2)C(=O)O)cc1. The Morgan fingerprint density at radius 3 is 2.43 bits per heavy atom. The third-order valence-electron chi connectivity index (χ3n) is 4.10. The second-order valence-corrected chi connectivity index (χ2v) is 7.05. The van der Waals surface area contributed by atoms with Gasteiger partial charge in [0.05, 0.1) is 0 Å². The van der Waals surface area contributed by atoms with Crippen LogP contribution in [0.2, 0.25) is 0 Å². The molecular formula is C18H25NO4. The molecule has 5 nitrogen and oxygen atoms in total. The molecule has 1 fully saturated rings. The first-order valence-corrected chi connectivity index (χ1v) is 8.01. The Balaban J connectivity index is 2.01. The van der Waals surface area contributed by atoms with Crippen LogP contribution in [0.1, 0.15) is 44.7 Å². The van der Waals surface area contributed by atoms with Gasteiger partial charge in [-0.2, -0.15) is 0 Å². The number of carbonyl (C=O) groups excluding carboxylic acids is 1. The molecule has 0 radical (unpaired) electrons. The van der Waals surface area contributed by atoms with Gasteiger partial charge in [0.2, 0.25) is 5.91 Å². The summed E-state index contributed by atoms with van der Waals surface area (Å²) in [4.78, 5) is 23.5. The first-order valence-electron chi connectivity index (χ1n) is 8.01. The highest BCUT2D eigenvalue weighted by Gasteiger charge is 2.28. The van der Waals surface area contributed by atoms with E-state index >= 15 is 0 Å². The molecule has 2 N–H and O–H groups in total. The molecule has 1 amide bonds. The Bertz CT molecular complexity index is 553. The van der Waals surface area contributed by atoms with E-state index in [0.29, 0.717) is 13.0 Å². The molecule has 5 heteroatoms. The molecule has 0 aromatic heterocycles. The molecule has 1 heterocycles. The van der Waals surface area contributed by atoms with Gasteiger partial charge in [-0.1, -0.05) is 45.0 Å². The molecule has 0 aliphatic carbocycles. The molecule has 1 aliphatic rings. The fourth-order valence-electron chi connectivity index (χ4n) is 2.63. The lowest BCUT2D eigenvalue weighted by Gasteiger charge is -2.20. The zero-order valence-corrected chi connectivity index (χ0v) is 14.0. The zero-order valence-electron chi connectivity index (χ0n) is 14.0. The molecule has 1 aliphatic heterocycles. The van der Waals surface area contributed by atoms with E-state index in [-0.39, 0.29) is 17.7 Å². The minimum absolute atomic E-state index is 0.0543. The number of carbonyl (C=O) groups is 2. The summed E-state index contributed by atoms with van der Waals surface area (Å²) in [7, 11) is 0. The number of benzene rings is 1. The largest absolute Gasteiger partial charge is 0.480 e. The lowest BCUT2D eigenvalue weighted by molar-refractivity contribution is -0.143. The van der Waals surface area contributed by atoms with E-state index in [0.717, 1.165) is 12.0 Å². The van der Waals surface area contributed by atoms with Crippen LogP contribution in [0.5, 0.6) is 0 Å². The first-order chi connectivity index (χ1) is 10.8. The van der Waals surface area contributed by atoms with E-state index < -0.39 is 18.1 Å². The topological polar surface area (TPSA) is 75.6 Å². The lowest BCUT2D eigenvalue weighted by atomic mass is 9.86. The van der Waals surface area contributed by atoms with Crippen molar-refractivity contribution < 1.29 is 19.4 Å². The Kier molecular flexibility index (Phi) is 5.42. The smallest absolute Gasteiger partial charge is 0.326 e. The van der Waals surface area contributed by atoms with Crippen LogP contribution in [-0.4, -0.2) is 35.7 Å². The number of rotatable bonds is 5. The Labute approximate surface area is 137 Å². The monoisotopic (exact) mass is 319 g/mol. The molecule has 0 saturated carbocycles. The fraction of sp³-hybridized carbons (Fsp3) is 0.556. The van der Waals surface area contributed by atoms with Crippen LogP contribution in [0.3, 0.4) is 0 Å². The van der Waals surface area contributed by atoms with E-state index in [1.807, 2.05) is 24.3 Å². The van der Waals surface area contributed by atoms with Crippen LogP contribution >= 0.6 is 0 Å². The predicted octanol–water partition coefficient (Wildman–Crippen LogP) is 2.27. The second-order valence-electron chi connectivity index (χ2n) is 7.05. The van der Waals surface area contributed by atoms with Gasteiger partial charge >= 0.3 is 5.97 Å². The normalized spacial score (nSPS) is 19.3. The van der Waals surface area contributed by atoms with Crippen molar-refractivity contribution in [2.45, 2.75) is 57.6 Å². The van der Waals surface area contributed by atoms with Crippen molar-refractivity contribution in [3.63, 3.8) is 0 Å². The Hall–Kier alpha value is -1.88. The molecule has 2 atom stereocenters. The predicted molar refractivity (Wildman–Crippen MR) is 87.4 cm³/mol. The summed E-state index contributed by atoms with van der Waals surface area (Å²) < 4.78 is 5.29. The van der Waals surface area contributed by atoms with E-state index in [1.54, 1.807) is 0 Å². The molecule has 1 aromatic rings. The van der Waals surface area contributed by atoms with Crippen LogP contribution in [0.4, 0.5) is 0 Å². The number of aliphatic carboxylic acids is 1. The maximum absolute atomic E-state index is 12.0. The molecule has 0 spiro atoms. The highest BCUT2D eigenvalue weighted by atomic mass is 16.5. The van der Waals surface area contributed by atoms with Crippen LogP contribution in [0.15, 0.2) is 24.3 Å². The number of hydrogen-bond acceptors (Lipinski definition) is 3. The second kappa shape index (κ2) is 7.13. The van der Waals surface area contributed by atoms with Gasteiger partial charge in [-0.05, 0) is 29.4 Å². The van der Waals surface area contributed by atoms with Crippen LogP contribution in [0, 0.1) is 0 Å². The molecule has 23 heavy (non-hydrogen) atoms. The standard InChI is InChI=1S/C18H25NO4/c1-18(2,3)13-8-6-12(7-9-13)11-14(17(21)22)19-16(20)15-5-4-10-23-15/h6-9,14-15H,4-5,10-11H2,1-3H3,(H,19,20)(H,21,22)/t14-,15+/m0/s1. The van der Waals surface area contributed by atoms with Crippen molar-refractivity contribution in [2.24, 2.45) is 0 Å². The van der Waals surface area contributed by atoms with E-state index in [4.69, 9.17) is 4.74 Å². The number of ether oxygens (including phenoxy) is 1. The third kappa shape index (κ3) is 4.79. The summed E-state index contributed by atoms with van der Waals surface area (Å²) in [6.45, 7) is 6.95. The van der Waals surface area contributed by atoms with Gasteiger partial charge in [-0.25, -0.2) is 4.79 Å². The number of hydrogen-bond donors (Lipinski definition) is 2. The molecule has 126 valence electrons. The highest BCUT2D eigenvalue weighted by molar-refractivity contribution is 5.86. The van der Waals surface area contributed by atoms with Crippen molar-refractivity contribution in [2.75, 3.05) is 6.61 Å². The average Bonchev–Trinajstić information content (AvgIpc) is 3.00. The number of amides is 1. The van der Waals surface area contributed by atoms with Gasteiger partial charge in [-0.3, -0.25) is 4.79 Å². The van der Waals surface area contributed by atoms with Gasteiger partial charge in [0.15, 0.2) is 0 Å². The Morgan fingerprint density at radius 2 is 1.96 bits per heavy atom. The Morgan fingerprint density at radius 1 is 1.30 bits per heavy atom. The van der Waals surface area contributed by atoms with Crippen molar-refractivity contribution in [1.82, 2.24) is 5.32 Å². The summed E-state index contributed by atoms with van der Waals surface area (Å²) in [6, 6.07) is 6.93. The summed E-state index contributed by atoms with van der Waals surface area (Å²) in [5.74, 6) is -1.36. The average molecular weight is 319 g/mol. The van der Waals surface area contributed by atoms with Gasteiger partial charge in [0.1, 0.15) is 12.1 Å². The van der Waals surface area contributed by atoms with Gasteiger partial charge in [-0.15, -0.1) is 0 Å². The first kappa shape index (κ1) is 17.5. The maximum Gasteiger partial charge on any atom is 0.326 e. The molecule has 1 aromatic carbocycles. The minimum Gasteiger partial charge on any atom is -0.480 e.